The molecule has 2 fully saturated rings. The van der Waals surface area contributed by atoms with Gasteiger partial charge in [-0.25, -0.2) is 0 Å². The number of hydrogen-bond acceptors (Lipinski definition) is 4. The van der Waals surface area contributed by atoms with E-state index in [1.54, 1.807) is 0 Å². The number of halogens is 1. The van der Waals surface area contributed by atoms with Crippen LogP contribution in [0.1, 0.15) is 55.7 Å². The summed E-state index contributed by atoms with van der Waals surface area (Å²) in [7, 11) is 0. The van der Waals surface area contributed by atoms with E-state index in [0.29, 0.717) is 0 Å². The highest BCUT2D eigenvalue weighted by Crippen LogP contribution is 2.36. The highest BCUT2D eigenvalue weighted by Gasteiger charge is 2.15. The summed E-state index contributed by atoms with van der Waals surface area (Å²) in [4.78, 5) is 4.96. The minimum atomic E-state index is 0.728. The molecule has 5 rings (SSSR count). The zero-order chi connectivity index (χ0) is 26.9. The van der Waals surface area contributed by atoms with E-state index in [2.05, 4.69) is 77.4 Å². The number of ether oxygens (including phenoxy) is 2. The van der Waals surface area contributed by atoms with Gasteiger partial charge in [0.15, 0.2) is 0 Å². The highest BCUT2D eigenvalue weighted by atomic mass is 35.5. The fourth-order valence-corrected chi connectivity index (χ4v) is 5.85. The molecule has 2 heterocycles. The molecular formula is C34H41ClN2O2. The van der Waals surface area contributed by atoms with Crippen LogP contribution < -0.4 is 9.47 Å². The molecule has 0 spiro atoms. The molecule has 2 saturated heterocycles. The summed E-state index contributed by atoms with van der Waals surface area (Å²) < 4.78 is 12.2. The molecule has 2 aliphatic heterocycles. The van der Waals surface area contributed by atoms with E-state index < -0.39 is 0 Å². The zero-order valence-corrected chi connectivity index (χ0v) is 24.0. The summed E-state index contributed by atoms with van der Waals surface area (Å²) in [5.74, 6) is 1.84. The Morgan fingerprint density at radius 1 is 0.615 bits per heavy atom. The lowest BCUT2D eigenvalue weighted by molar-refractivity contribution is 0.237. The smallest absolute Gasteiger partial charge is 0.119 e. The molecule has 39 heavy (non-hydrogen) atoms. The Balaban J connectivity index is 1.35. The molecule has 0 saturated carbocycles. The number of hydrogen-bond donors (Lipinski definition) is 0. The van der Waals surface area contributed by atoms with Gasteiger partial charge in [-0.05, 0) is 123 Å². The second kappa shape index (κ2) is 14.0. The van der Waals surface area contributed by atoms with Gasteiger partial charge in [0, 0.05) is 18.1 Å². The lowest BCUT2D eigenvalue weighted by atomic mass is 9.88. The maximum atomic E-state index is 6.22. The molecule has 5 heteroatoms. The van der Waals surface area contributed by atoms with E-state index in [1.807, 2.05) is 12.1 Å². The average molecular weight is 545 g/mol. The van der Waals surface area contributed by atoms with Gasteiger partial charge in [0.25, 0.3) is 0 Å². The summed E-state index contributed by atoms with van der Waals surface area (Å²) in [5, 5.41) is 0.751. The molecule has 0 amide bonds. The van der Waals surface area contributed by atoms with Gasteiger partial charge in [0.1, 0.15) is 24.7 Å². The van der Waals surface area contributed by atoms with Crippen molar-refractivity contribution in [3.05, 3.63) is 94.5 Å². The monoisotopic (exact) mass is 544 g/mol. The van der Waals surface area contributed by atoms with Crippen molar-refractivity contribution in [2.24, 2.45) is 0 Å². The molecule has 4 nitrogen and oxygen atoms in total. The molecule has 0 N–H and O–H groups in total. The minimum absolute atomic E-state index is 0.728. The van der Waals surface area contributed by atoms with E-state index in [4.69, 9.17) is 21.1 Å². The predicted molar refractivity (Wildman–Crippen MR) is 163 cm³/mol. The van der Waals surface area contributed by atoms with E-state index >= 15 is 0 Å². The third-order valence-electron chi connectivity index (χ3n) is 7.88. The van der Waals surface area contributed by atoms with Gasteiger partial charge in [-0.2, -0.15) is 0 Å². The number of likely N-dealkylation sites (tertiary alicyclic amines) is 2. The molecule has 3 aromatic rings. The predicted octanol–water partition coefficient (Wildman–Crippen LogP) is 7.66. The summed E-state index contributed by atoms with van der Waals surface area (Å²) in [5.41, 5.74) is 6.06. The molecule has 0 aromatic heterocycles. The van der Waals surface area contributed by atoms with Gasteiger partial charge in [0.05, 0.1) is 0 Å². The Labute approximate surface area is 239 Å². The largest absolute Gasteiger partial charge is 0.492 e. The lowest BCUT2D eigenvalue weighted by Gasteiger charge is -2.18. The SMILES string of the molecule is CCC(=C(c1ccc(OCCN2CCCC2)cc1)c1ccc(OCCN2CCCC2)cc1)c1ccc(Cl)cc1. The van der Waals surface area contributed by atoms with Gasteiger partial charge in [-0.3, -0.25) is 9.80 Å². The number of benzene rings is 3. The van der Waals surface area contributed by atoms with Crippen molar-refractivity contribution >= 4 is 22.7 Å². The highest BCUT2D eigenvalue weighted by molar-refractivity contribution is 6.30. The Bertz CT molecular complexity index is 1130. The molecule has 206 valence electrons. The quantitative estimate of drug-likeness (QED) is 0.218. The Hall–Kier alpha value is -2.79. The Kier molecular flexibility index (Phi) is 9.98. The minimum Gasteiger partial charge on any atom is -0.492 e. The maximum absolute atomic E-state index is 6.22. The zero-order valence-electron chi connectivity index (χ0n) is 23.2. The van der Waals surface area contributed by atoms with Crippen LogP contribution in [0.2, 0.25) is 5.02 Å². The van der Waals surface area contributed by atoms with Crippen LogP contribution >= 0.6 is 11.6 Å². The number of nitrogens with zero attached hydrogens (tertiary/aromatic N) is 2. The second-order valence-electron chi connectivity index (χ2n) is 10.6. The van der Waals surface area contributed by atoms with E-state index in [9.17, 15) is 0 Å². The van der Waals surface area contributed by atoms with Crippen molar-refractivity contribution < 1.29 is 9.47 Å². The van der Waals surface area contributed by atoms with Gasteiger partial charge < -0.3 is 9.47 Å². The third kappa shape index (κ3) is 7.66. The van der Waals surface area contributed by atoms with Crippen LogP contribution in [0.15, 0.2) is 72.8 Å². The van der Waals surface area contributed by atoms with Crippen LogP contribution in [0.4, 0.5) is 0 Å². The first-order valence-electron chi connectivity index (χ1n) is 14.6. The first-order chi connectivity index (χ1) is 19.2. The van der Waals surface area contributed by atoms with Crippen LogP contribution in [-0.4, -0.2) is 62.3 Å². The first-order valence-corrected chi connectivity index (χ1v) is 15.0. The molecule has 0 bridgehead atoms. The van der Waals surface area contributed by atoms with Crippen molar-refractivity contribution in [1.82, 2.24) is 9.80 Å². The summed E-state index contributed by atoms with van der Waals surface area (Å²) in [6.07, 6.45) is 6.14. The Morgan fingerprint density at radius 3 is 1.44 bits per heavy atom. The van der Waals surface area contributed by atoms with Gasteiger partial charge in [-0.1, -0.05) is 54.9 Å². The number of rotatable bonds is 12. The maximum Gasteiger partial charge on any atom is 0.119 e. The lowest BCUT2D eigenvalue weighted by Crippen LogP contribution is -2.25. The molecule has 2 aliphatic rings. The first kappa shape index (κ1) is 27.8. The summed E-state index contributed by atoms with van der Waals surface area (Å²) >= 11 is 6.22. The second-order valence-corrected chi connectivity index (χ2v) is 11.0. The van der Waals surface area contributed by atoms with Crippen LogP contribution in [0.25, 0.3) is 11.1 Å². The van der Waals surface area contributed by atoms with Gasteiger partial charge >= 0.3 is 0 Å². The number of allylic oxidation sites excluding steroid dienone is 1. The average Bonchev–Trinajstić information content (AvgIpc) is 3.69. The van der Waals surface area contributed by atoms with Crippen molar-refractivity contribution in [2.75, 3.05) is 52.5 Å². The topological polar surface area (TPSA) is 24.9 Å². The van der Waals surface area contributed by atoms with Crippen LogP contribution in [-0.2, 0) is 0 Å². The van der Waals surface area contributed by atoms with Crippen LogP contribution in [0.5, 0.6) is 11.5 Å². The van der Waals surface area contributed by atoms with Crippen molar-refractivity contribution in [1.29, 1.82) is 0 Å². The molecule has 0 unspecified atom stereocenters. The van der Waals surface area contributed by atoms with Crippen molar-refractivity contribution in [2.45, 2.75) is 39.0 Å². The van der Waals surface area contributed by atoms with E-state index in [0.717, 1.165) is 49.2 Å². The summed E-state index contributed by atoms with van der Waals surface area (Å²) in [6, 6.07) is 25.3. The van der Waals surface area contributed by atoms with Crippen LogP contribution in [0.3, 0.4) is 0 Å². The molecule has 0 aliphatic carbocycles. The molecule has 0 atom stereocenters. The molecular weight excluding hydrogens is 504 g/mol. The molecule has 3 aromatic carbocycles. The normalized spacial score (nSPS) is 15.9. The fraction of sp³-hybridized carbons (Fsp3) is 0.412. The Morgan fingerprint density at radius 2 is 1.03 bits per heavy atom. The summed E-state index contributed by atoms with van der Waals surface area (Å²) in [6.45, 7) is 10.5. The third-order valence-corrected chi connectivity index (χ3v) is 8.14. The van der Waals surface area contributed by atoms with E-state index in [1.165, 1.54) is 79.7 Å². The van der Waals surface area contributed by atoms with Crippen molar-refractivity contribution in [3.63, 3.8) is 0 Å². The molecule has 0 radical (unpaired) electrons. The van der Waals surface area contributed by atoms with Gasteiger partial charge in [0.2, 0.25) is 0 Å². The van der Waals surface area contributed by atoms with Gasteiger partial charge in [-0.15, -0.1) is 0 Å². The fourth-order valence-electron chi connectivity index (χ4n) is 5.72. The van der Waals surface area contributed by atoms with Crippen molar-refractivity contribution in [3.8, 4) is 11.5 Å². The standard InChI is InChI=1S/C34H41ClN2O2/c1-2-33(27-7-13-30(35)14-8-27)34(28-9-15-31(16-10-28)38-25-23-36-19-3-4-20-36)29-11-17-32(18-12-29)39-26-24-37-21-5-6-22-37/h7-18H,2-6,19-26H2,1H3. The van der Waals surface area contributed by atoms with E-state index in [-0.39, 0.29) is 0 Å². The van der Waals surface area contributed by atoms with Crippen LogP contribution in [0, 0.1) is 0 Å².